The maximum absolute atomic E-state index is 13.4. The van der Waals surface area contributed by atoms with E-state index < -0.39 is 33.2 Å². The number of fused-ring (bicyclic) bond motifs is 1. The minimum Gasteiger partial charge on any atom is -0.504 e. The van der Waals surface area contributed by atoms with Crippen LogP contribution in [0.25, 0.3) is 0 Å². The van der Waals surface area contributed by atoms with E-state index in [0.717, 1.165) is 6.07 Å². The molecule has 2 aliphatic rings. The molecule has 0 bridgehead atoms. The van der Waals surface area contributed by atoms with Gasteiger partial charge in [0.2, 0.25) is 10.0 Å². The molecule has 1 fully saturated rings. The van der Waals surface area contributed by atoms with Crippen LogP contribution in [0.1, 0.15) is 21.5 Å². The van der Waals surface area contributed by atoms with Crippen molar-refractivity contribution >= 4 is 27.5 Å². The number of amides is 1. The van der Waals surface area contributed by atoms with Gasteiger partial charge >= 0.3 is 0 Å². The Labute approximate surface area is 177 Å². The monoisotopic (exact) mass is 456 g/mol. The van der Waals surface area contributed by atoms with E-state index in [0.29, 0.717) is 5.56 Å². The van der Waals surface area contributed by atoms with Gasteiger partial charge in [0, 0.05) is 37.8 Å². The first-order valence-electron chi connectivity index (χ1n) is 9.09. The van der Waals surface area contributed by atoms with E-state index in [1.54, 1.807) is 0 Å². The Kier molecular flexibility index (Phi) is 5.35. The van der Waals surface area contributed by atoms with Gasteiger partial charge in [-0.1, -0.05) is 17.7 Å². The number of hydrogen-bond donors (Lipinski definition) is 2. The molecule has 1 saturated heterocycles. The van der Waals surface area contributed by atoms with E-state index in [2.05, 4.69) is 0 Å². The fraction of sp³-hybridized carbons (Fsp3) is 0.316. The topological polar surface area (TPSA) is 107 Å². The van der Waals surface area contributed by atoms with Crippen LogP contribution in [0, 0.1) is 5.82 Å². The number of hydrogen-bond acceptors (Lipinski definition) is 6. The molecule has 0 radical (unpaired) electrons. The second-order valence-electron chi connectivity index (χ2n) is 7.02. The van der Waals surface area contributed by atoms with Crippen molar-refractivity contribution in [3.63, 3.8) is 0 Å². The summed E-state index contributed by atoms with van der Waals surface area (Å²) in [5, 5.41) is 20.3. The first-order chi connectivity index (χ1) is 14.2. The summed E-state index contributed by atoms with van der Waals surface area (Å²) in [6, 6.07) is 4.96. The summed E-state index contributed by atoms with van der Waals surface area (Å²) in [4.78, 5) is 14.0. The van der Waals surface area contributed by atoms with Gasteiger partial charge in [-0.15, -0.1) is 0 Å². The van der Waals surface area contributed by atoms with Crippen LogP contribution in [0.4, 0.5) is 4.39 Å². The van der Waals surface area contributed by atoms with Crippen molar-refractivity contribution in [2.75, 3.05) is 26.3 Å². The van der Waals surface area contributed by atoms with Gasteiger partial charge < -0.3 is 19.8 Å². The summed E-state index contributed by atoms with van der Waals surface area (Å²) >= 11 is 5.80. The SMILES string of the molecule is O=C1c2c(O)c(O)cc(S(=O)(=O)N3CCOCC3)c2CN1Cc1ccc(F)c(Cl)c1. The summed E-state index contributed by atoms with van der Waals surface area (Å²) in [5.74, 6) is -2.61. The molecular formula is C19H18ClFN2O6S. The second-order valence-corrected chi connectivity index (χ2v) is 9.34. The van der Waals surface area contributed by atoms with Gasteiger partial charge in [-0.3, -0.25) is 4.79 Å². The standard InChI is InChI=1S/C19H18ClFN2O6S/c20-13-7-11(1-2-14(13)21)9-22-10-12-16(8-15(24)18(25)17(12)19(22)26)30(27,28)23-3-5-29-6-4-23/h1-2,7-8,24-25H,3-6,9-10H2. The number of rotatable bonds is 4. The predicted molar refractivity (Wildman–Crippen MR) is 104 cm³/mol. The number of aromatic hydroxyl groups is 2. The molecule has 2 aliphatic heterocycles. The van der Waals surface area contributed by atoms with E-state index >= 15 is 0 Å². The molecule has 0 atom stereocenters. The van der Waals surface area contributed by atoms with Gasteiger partial charge in [0.05, 0.1) is 28.7 Å². The zero-order chi connectivity index (χ0) is 21.6. The molecule has 4 rings (SSSR count). The zero-order valence-electron chi connectivity index (χ0n) is 15.6. The molecule has 1 amide bonds. The quantitative estimate of drug-likeness (QED) is 0.682. The Hall–Kier alpha value is -2.40. The van der Waals surface area contributed by atoms with Crippen molar-refractivity contribution in [3.05, 3.63) is 51.8 Å². The smallest absolute Gasteiger partial charge is 0.258 e. The average Bonchev–Trinajstić information content (AvgIpc) is 3.04. The second kappa shape index (κ2) is 7.69. The fourth-order valence-electron chi connectivity index (χ4n) is 3.62. The highest BCUT2D eigenvalue weighted by atomic mass is 35.5. The van der Waals surface area contributed by atoms with Gasteiger partial charge in [0.25, 0.3) is 5.91 Å². The number of sulfonamides is 1. The highest BCUT2D eigenvalue weighted by Crippen LogP contribution is 2.42. The van der Waals surface area contributed by atoms with Crippen LogP contribution in [-0.2, 0) is 27.8 Å². The molecule has 2 N–H and O–H groups in total. The van der Waals surface area contributed by atoms with Crippen molar-refractivity contribution in [2.45, 2.75) is 18.0 Å². The number of halogens is 2. The van der Waals surface area contributed by atoms with Crippen molar-refractivity contribution in [3.8, 4) is 11.5 Å². The molecule has 0 saturated carbocycles. The average molecular weight is 457 g/mol. The predicted octanol–water partition coefficient (Wildman–Crippen LogP) is 2.07. The van der Waals surface area contributed by atoms with Crippen LogP contribution in [0.2, 0.25) is 5.02 Å². The lowest BCUT2D eigenvalue weighted by Crippen LogP contribution is -2.41. The summed E-state index contributed by atoms with van der Waals surface area (Å²) in [6.45, 7) is 0.680. The first kappa shape index (κ1) is 20.9. The molecule has 0 aliphatic carbocycles. The van der Waals surface area contributed by atoms with E-state index in [-0.39, 0.29) is 60.4 Å². The molecule has 160 valence electrons. The van der Waals surface area contributed by atoms with Gasteiger partial charge in [-0.05, 0) is 17.7 Å². The van der Waals surface area contributed by atoms with E-state index in [9.17, 15) is 27.8 Å². The minimum atomic E-state index is -4.03. The summed E-state index contributed by atoms with van der Waals surface area (Å²) in [7, 11) is -4.03. The van der Waals surface area contributed by atoms with Gasteiger partial charge in [-0.2, -0.15) is 4.31 Å². The van der Waals surface area contributed by atoms with Crippen LogP contribution in [0.15, 0.2) is 29.2 Å². The summed E-state index contributed by atoms with van der Waals surface area (Å²) < 4.78 is 46.1. The van der Waals surface area contributed by atoms with Gasteiger partial charge in [-0.25, -0.2) is 12.8 Å². The maximum atomic E-state index is 13.4. The number of carbonyl (C=O) groups excluding carboxylic acids is 1. The number of ether oxygens (including phenoxy) is 1. The number of benzene rings is 2. The highest BCUT2D eigenvalue weighted by Gasteiger charge is 2.39. The van der Waals surface area contributed by atoms with Crippen molar-refractivity contribution < 1.29 is 32.6 Å². The summed E-state index contributed by atoms with van der Waals surface area (Å²) in [6.07, 6.45) is 0. The molecular weight excluding hydrogens is 439 g/mol. The number of phenols is 2. The Morgan fingerprint density at radius 1 is 1.17 bits per heavy atom. The van der Waals surface area contributed by atoms with E-state index in [1.807, 2.05) is 0 Å². The lowest BCUT2D eigenvalue weighted by molar-refractivity contribution is 0.0730. The Bertz CT molecular complexity index is 1130. The lowest BCUT2D eigenvalue weighted by atomic mass is 10.1. The Morgan fingerprint density at radius 3 is 2.53 bits per heavy atom. The third kappa shape index (κ3) is 3.49. The Balaban J connectivity index is 1.73. The van der Waals surface area contributed by atoms with Gasteiger partial charge in [0.15, 0.2) is 11.5 Å². The van der Waals surface area contributed by atoms with Crippen LogP contribution in [0.3, 0.4) is 0 Å². The third-order valence-corrected chi connectivity index (χ3v) is 7.40. The molecule has 2 heterocycles. The van der Waals surface area contributed by atoms with Crippen LogP contribution in [0.5, 0.6) is 11.5 Å². The van der Waals surface area contributed by atoms with Crippen molar-refractivity contribution in [1.29, 1.82) is 0 Å². The minimum absolute atomic E-state index is 0.0186. The summed E-state index contributed by atoms with van der Waals surface area (Å²) in [5.41, 5.74) is 0.383. The number of phenolic OH excluding ortho intramolecular Hbond substituents is 2. The molecule has 30 heavy (non-hydrogen) atoms. The van der Waals surface area contributed by atoms with Crippen LogP contribution >= 0.6 is 11.6 Å². The lowest BCUT2D eigenvalue weighted by Gasteiger charge is -2.27. The number of morpholine rings is 1. The number of nitrogens with zero attached hydrogens (tertiary/aromatic N) is 2. The Morgan fingerprint density at radius 2 is 1.87 bits per heavy atom. The van der Waals surface area contributed by atoms with Crippen molar-refractivity contribution in [1.82, 2.24) is 9.21 Å². The molecule has 2 aromatic rings. The van der Waals surface area contributed by atoms with Crippen LogP contribution < -0.4 is 0 Å². The first-order valence-corrected chi connectivity index (χ1v) is 10.9. The largest absolute Gasteiger partial charge is 0.504 e. The number of carbonyl (C=O) groups is 1. The normalized spacial score (nSPS) is 17.4. The van der Waals surface area contributed by atoms with Crippen LogP contribution in [-0.4, -0.2) is 60.0 Å². The molecule has 0 spiro atoms. The van der Waals surface area contributed by atoms with E-state index in [4.69, 9.17) is 16.3 Å². The molecule has 11 heteroatoms. The van der Waals surface area contributed by atoms with Crippen molar-refractivity contribution in [2.24, 2.45) is 0 Å². The van der Waals surface area contributed by atoms with E-state index in [1.165, 1.54) is 27.4 Å². The zero-order valence-corrected chi connectivity index (χ0v) is 17.2. The highest BCUT2D eigenvalue weighted by molar-refractivity contribution is 7.89. The third-order valence-electron chi connectivity index (χ3n) is 5.14. The molecule has 0 aromatic heterocycles. The molecule has 2 aromatic carbocycles. The molecule has 0 unspecified atom stereocenters. The maximum Gasteiger partial charge on any atom is 0.258 e. The van der Waals surface area contributed by atoms with Gasteiger partial charge in [0.1, 0.15) is 5.82 Å². The molecule has 8 nitrogen and oxygen atoms in total. The fourth-order valence-corrected chi connectivity index (χ4v) is 5.47.